The number of carbonyl (C=O) groups is 2. The Hall–Kier alpha value is -1.36. The van der Waals surface area contributed by atoms with Crippen molar-refractivity contribution in [2.24, 2.45) is 11.8 Å². The van der Waals surface area contributed by atoms with E-state index in [2.05, 4.69) is 11.4 Å². The molecule has 0 aromatic carbocycles. The van der Waals surface area contributed by atoms with Crippen molar-refractivity contribution in [1.29, 1.82) is 0 Å². The Morgan fingerprint density at radius 3 is 2.74 bits per heavy atom. The zero-order valence-electron chi connectivity index (χ0n) is 10.8. The highest BCUT2D eigenvalue weighted by molar-refractivity contribution is 7.10. The van der Waals surface area contributed by atoms with E-state index in [-0.39, 0.29) is 17.9 Å². The molecule has 0 saturated heterocycles. The van der Waals surface area contributed by atoms with Crippen molar-refractivity contribution in [3.63, 3.8) is 0 Å². The molecule has 102 valence electrons. The van der Waals surface area contributed by atoms with E-state index in [4.69, 9.17) is 5.11 Å². The number of amides is 1. The summed E-state index contributed by atoms with van der Waals surface area (Å²) in [6, 6.07) is 2.16. The fourth-order valence-electron chi connectivity index (χ4n) is 3.11. The third-order valence-electron chi connectivity index (χ3n) is 4.47. The molecule has 2 aliphatic rings. The average molecular weight is 279 g/mol. The Balaban J connectivity index is 1.77. The van der Waals surface area contributed by atoms with Crippen molar-refractivity contribution in [2.75, 3.05) is 6.54 Å². The molecule has 3 unspecified atom stereocenters. The van der Waals surface area contributed by atoms with Crippen LogP contribution >= 0.6 is 11.3 Å². The Labute approximate surface area is 116 Å². The van der Waals surface area contributed by atoms with Crippen LogP contribution in [-0.4, -0.2) is 28.4 Å². The Kier molecular flexibility index (Phi) is 3.09. The van der Waals surface area contributed by atoms with E-state index in [9.17, 15) is 9.59 Å². The summed E-state index contributed by atoms with van der Waals surface area (Å²) in [6.07, 6.45) is 2.25. The van der Waals surface area contributed by atoms with Gasteiger partial charge in [-0.25, -0.2) is 0 Å². The lowest BCUT2D eigenvalue weighted by molar-refractivity contribution is -0.157. The monoisotopic (exact) mass is 279 g/mol. The first-order valence-corrected chi connectivity index (χ1v) is 7.57. The highest BCUT2D eigenvalue weighted by Crippen LogP contribution is 2.40. The van der Waals surface area contributed by atoms with Crippen molar-refractivity contribution < 1.29 is 14.7 Å². The molecule has 3 atom stereocenters. The number of hydrogen-bond donors (Lipinski definition) is 1. The number of carboxylic acids is 1. The summed E-state index contributed by atoms with van der Waals surface area (Å²) in [5, 5.41) is 11.1. The highest BCUT2D eigenvalue weighted by atomic mass is 32.1. The largest absolute Gasteiger partial charge is 0.481 e. The maximum atomic E-state index is 12.5. The van der Waals surface area contributed by atoms with Crippen LogP contribution in [0.4, 0.5) is 0 Å². The van der Waals surface area contributed by atoms with Gasteiger partial charge < -0.3 is 10.0 Å². The maximum Gasteiger partial charge on any atom is 0.307 e. The Morgan fingerprint density at radius 2 is 2.11 bits per heavy atom. The molecule has 0 spiro atoms. The lowest BCUT2D eigenvalue weighted by Gasteiger charge is -2.40. The summed E-state index contributed by atoms with van der Waals surface area (Å²) in [6.45, 7) is 2.76. The molecule has 2 heterocycles. The van der Waals surface area contributed by atoms with Gasteiger partial charge in [0.2, 0.25) is 5.91 Å². The summed E-state index contributed by atoms with van der Waals surface area (Å²) in [5.74, 6) is -1.57. The van der Waals surface area contributed by atoms with E-state index in [0.29, 0.717) is 6.42 Å². The molecule has 19 heavy (non-hydrogen) atoms. The van der Waals surface area contributed by atoms with Gasteiger partial charge in [-0.3, -0.25) is 9.59 Å². The number of carbonyl (C=O) groups excluding carboxylic acids is 1. The molecule has 3 rings (SSSR count). The smallest absolute Gasteiger partial charge is 0.307 e. The van der Waals surface area contributed by atoms with Crippen LogP contribution in [0.3, 0.4) is 0 Å². The van der Waals surface area contributed by atoms with Crippen LogP contribution in [0.5, 0.6) is 0 Å². The van der Waals surface area contributed by atoms with E-state index < -0.39 is 11.9 Å². The number of thiophene rings is 1. The minimum absolute atomic E-state index is 0.0306. The molecule has 5 heteroatoms. The van der Waals surface area contributed by atoms with Crippen LogP contribution in [0.2, 0.25) is 0 Å². The molecule has 0 radical (unpaired) electrons. The lowest BCUT2D eigenvalue weighted by Crippen LogP contribution is -2.48. The standard InChI is InChI=1S/C14H17NO3S/c1-8-9-5-7-19-12(9)4-6-15(8)13(16)10-2-3-11(10)14(17)18/h5,7-8,10-11H,2-4,6H2,1H3,(H,17,18). The van der Waals surface area contributed by atoms with Crippen LogP contribution in [0.25, 0.3) is 0 Å². The molecule has 1 amide bonds. The second kappa shape index (κ2) is 4.63. The number of hydrogen-bond acceptors (Lipinski definition) is 3. The van der Waals surface area contributed by atoms with Gasteiger partial charge in [0.15, 0.2) is 0 Å². The van der Waals surface area contributed by atoms with Gasteiger partial charge in [-0.1, -0.05) is 0 Å². The SMILES string of the molecule is CC1c2ccsc2CCN1C(=O)C1CCC1C(=O)O. The quantitative estimate of drug-likeness (QED) is 0.903. The van der Waals surface area contributed by atoms with Crippen LogP contribution in [-0.2, 0) is 16.0 Å². The molecule has 0 bridgehead atoms. The minimum Gasteiger partial charge on any atom is -0.481 e. The molecule has 1 aliphatic heterocycles. The molecule has 1 saturated carbocycles. The van der Waals surface area contributed by atoms with E-state index in [1.54, 1.807) is 11.3 Å². The van der Waals surface area contributed by atoms with E-state index in [1.165, 1.54) is 10.4 Å². The van der Waals surface area contributed by atoms with E-state index in [0.717, 1.165) is 19.4 Å². The molecular weight excluding hydrogens is 262 g/mol. The Bertz CT molecular complexity index is 525. The molecule has 1 aliphatic carbocycles. The predicted octanol–water partition coefficient (Wildman–Crippen LogP) is 2.30. The van der Waals surface area contributed by atoms with E-state index >= 15 is 0 Å². The minimum atomic E-state index is -0.828. The van der Waals surface area contributed by atoms with Gasteiger partial charge >= 0.3 is 5.97 Å². The number of rotatable bonds is 2. The van der Waals surface area contributed by atoms with Crippen molar-refractivity contribution in [3.8, 4) is 0 Å². The second-order valence-corrected chi connectivity index (χ2v) is 6.39. The molecule has 4 nitrogen and oxygen atoms in total. The van der Waals surface area contributed by atoms with Crippen molar-refractivity contribution >= 4 is 23.2 Å². The molecule has 1 N–H and O–H groups in total. The van der Waals surface area contributed by atoms with Gasteiger partial charge in [-0.15, -0.1) is 11.3 Å². The fourth-order valence-corrected chi connectivity index (χ4v) is 4.08. The Morgan fingerprint density at radius 1 is 1.37 bits per heavy atom. The van der Waals surface area contributed by atoms with Gasteiger partial charge in [-0.05, 0) is 43.2 Å². The molecular formula is C14H17NO3S. The predicted molar refractivity (Wildman–Crippen MR) is 72.0 cm³/mol. The summed E-state index contributed by atoms with van der Waals surface area (Å²) in [4.78, 5) is 26.8. The second-order valence-electron chi connectivity index (χ2n) is 5.39. The zero-order valence-corrected chi connectivity index (χ0v) is 11.7. The van der Waals surface area contributed by atoms with Crippen molar-refractivity contribution in [1.82, 2.24) is 4.90 Å². The van der Waals surface area contributed by atoms with Gasteiger partial charge in [0.1, 0.15) is 0 Å². The summed E-state index contributed by atoms with van der Waals surface area (Å²) in [5.41, 5.74) is 1.23. The first-order chi connectivity index (χ1) is 9.09. The fraction of sp³-hybridized carbons (Fsp3) is 0.571. The summed E-state index contributed by atoms with van der Waals surface area (Å²) < 4.78 is 0. The van der Waals surface area contributed by atoms with Gasteiger partial charge in [0, 0.05) is 11.4 Å². The number of aliphatic carboxylic acids is 1. The van der Waals surface area contributed by atoms with Crippen LogP contribution in [0, 0.1) is 11.8 Å². The van der Waals surface area contributed by atoms with Crippen LogP contribution in [0.1, 0.15) is 36.2 Å². The normalized spacial score (nSPS) is 29.5. The van der Waals surface area contributed by atoms with Gasteiger partial charge in [0.25, 0.3) is 0 Å². The van der Waals surface area contributed by atoms with Gasteiger partial charge in [-0.2, -0.15) is 0 Å². The van der Waals surface area contributed by atoms with Crippen LogP contribution in [0.15, 0.2) is 11.4 Å². The third kappa shape index (κ3) is 1.96. The van der Waals surface area contributed by atoms with Crippen LogP contribution < -0.4 is 0 Å². The van der Waals surface area contributed by atoms with Crippen molar-refractivity contribution in [2.45, 2.75) is 32.2 Å². The topological polar surface area (TPSA) is 57.6 Å². The molecule has 1 aromatic rings. The summed E-state index contributed by atoms with van der Waals surface area (Å²) >= 11 is 1.74. The molecule has 1 fully saturated rings. The first-order valence-electron chi connectivity index (χ1n) is 6.69. The number of nitrogens with zero attached hydrogens (tertiary/aromatic N) is 1. The highest BCUT2D eigenvalue weighted by Gasteiger charge is 2.44. The number of fused-ring (bicyclic) bond motifs is 1. The molecule has 1 aromatic heterocycles. The van der Waals surface area contributed by atoms with Crippen molar-refractivity contribution in [3.05, 3.63) is 21.9 Å². The lowest BCUT2D eigenvalue weighted by atomic mass is 9.72. The number of carboxylic acid groups (broad SMARTS) is 1. The maximum absolute atomic E-state index is 12.5. The average Bonchev–Trinajstić information content (AvgIpc) is 2.75. The first kappa shape index (κ1) is 12.7. The van der Waals surface area contributed by atoms with Gasteiger partial charge in [0.05, 0.1) is 17.9 Å². The zero-order chi connectivity index (χ0) is 13.6. The van der Waals surface area contributed by atoms with E-state index in [1.807, 2.05) is 11.8 Å². The third-order valence-corrected chi connectivity index (χ3v) is 5.47. The summed E-state index contributed by atoms with van der Waals surface area (Å²) in [7, 11) is 0.